The van der Waals surface area contributed by atoms with E-state index >= 15 is 0 Å². The van der Waals surface area contributed by atoms with E-state index in [4.69, 9.17) is 4.74 Å². The molecule has 0 aromatic carbocycles. The van der Waals surface area contributed by atoms with Crippen LogP contribution in [0.5, 0.6) is 0 Å². The molecule has 0 atom stereocenters. The fourth-order valence-electron chi connectivity index (χ4n) is 0.961. The van der Waals surface area contributed by atoms with Gasteiger partial charge in [-0.05, 0) is 13.8 Å². The van der Waals surface area contributed by atoms with E-state index in [1.165, 1.54) is 6.07 Å². The first-order valence-corrected chi connectivity index (χ1v) is 4.15. The van der Waals surface area contributed by atoms with Crippen LogP contribution >= 0.6 is 0 Å². The van der Waals surface area contributed by atoms with Gasteiger partial charge in [0.25, 0.3) is 0 Å². The molecule has 1 aromatic rings. The number of carbonyl (C=O) groups is 2. The molecule has 0 radical (unpaired) electrons. The number of hydrogen-bond donors (Lipinski definition) is 0. The van der Waals surface area contributed by atoms with Crippen LogP contribution in [-0.2, 0) is 4.74 Å². The Labute approximate surface area is 81.1 Å². The number of carbonyl (C=O) groups excluding carboxylic acids is 2. The van der Waals surface area contributed by atoms with Crippen molar-refractivity contribution in [2.45, 2.75) is 13.8 Å². The summed E-state index contributed by atoms with van der Waals surface area (Å²) < 4.78 is 4.74. The van der Waals surface area contributed by atoms with Crippen molar-refractivity contribution >= 4 is 12.3 Å². The molecule has 0 aliphatic rings. The van der Waals surface area contributed by atoms with E-state index in [0.717, 1.165) is 0 Å². The minimum Gasteiger partial charge on any atom is -0.461 e. The van der Waals surface area contributed by atoms with Crippen molar-refractivity contribution in [2.24, 2.45) is 0 Å². The maximum atomic E-state index is 11.2. The summed E-state index contributed by atoms with van der Waals surface area (Å²) in [5.74, 6) is -0.168. The van der Waals surface area contributed by atoms with Crippen LogP contribution < -0.4 is 0 Å². The summed E-state index contributed by atoms with van der Waals surface area (Å²) in [4.78, 5) is 29.3. The molecule has 1 rings (SSSR count). The maximum absolute atomic E-state index is 11.2. The van der Waals surface area contributed by atoms with Gasteiger partial charge in [-0.3, -0.25) is 4.79 Å². The molecule has 14 heavy (non-hydrogen) atoms. The van der Waals surface area contributed by atoms with E-state index in [-0.39, 0.29) is 18.0 Å². The minimum absolute atomic E-state index is 0.112. The lowest BCUT2D eigenvalue weighted by Crippen LogP contribution is -2.10. The summed E-state index contributed by atoms with van der Waals surface area (Å²) >= 11 is 0. The zero-order chi connectivity index (χ0) is 10.6. The van der Waals surface area contributed by atoms with Gasteiger partial charge >= 0.3 is 5.97 Å². The second-order valence-corrected chi connectivity index (χ2v) is 2.56. The normalized spacial score (nSPS) is 9.57. The summed E-state index contributed by atoms with van der Waals surface area (Å²) in [5.41, 5.74) is 0.294. The van der Waals surface area contributed by atoms with Crippen LogP contribution in [0.15, 0.2) is 6.07 Å². The van der Waals surface area contributed by atoms with E-state index in [0.29, 0.717) is 12.1 Å². The lowest BCUT2D eigenvalue weighted by atomic mass is 10.3. The minimum atomic E-state index is -0.541. The summed E-state index contributed by atoms with van der Waals surface area (Å²) in [6, 6.07) is 1.30. The molecule has 0 saturated heterocycles. The molecule has 0 spiro atoms. The molecule has 0 saturated carbocycles. The van der Waals surface area contributed by atoms with Crippen molar-refractivity contribution in [1.82, 2.24) is 9.97 Å². The Bertz CT molecular complexity index is 363. The van der Waals surface area contributed by atoms with Gasteiger partial charge in [0.2, 0.25) is 0 Å². The van der Waals surface area contributed by atoms with Gasteiger partial charge in [0.1, 0.15) is 11.5 Å². The Hall–Kier alpha value is -1.78. The molecule has 0 bridgehead atoms. The topological polar surface area (TPSA) is 69.2 Å². The summed E-state index contributed by atoms with van der Waals surface area (Å²) in [7, 11) is 0. The predicted octanol–water partition coefficient (Wildman–Crippen LogP) is 0.774. The van der Waals surface area contributed by atoms with Crippen molar-refractivity contribution in [2.75, 3.05) is 6.61 Å². The van der Waals surface area contributed by atoms with Gasteiger partial charge < -0.3 is 4.74 Å². The van der Waals surface area contributed by atoms with Crippen LogP contribution in [0.3, 0.4) is 0 Å². The second-order valence-electron chi connectivity index (χ2n) is 2.56. The van der Waals surface area contributed by atoms with E-state index in [9.17, 15) is 9.59 Å². The molecule has 0 N–H and O–H groups in total. The van der Waals surface area contributed by atoms with Gasteiger partial charge in [0, 0.05) is 6.07 Å². The number of nitrogens with zero attached hydrogens (tertiary/aromatic N) is 2. The third-order valence-electron chi connectivity index (χ3n) is 1.46. The lowest BCUT2D eigenvalue weighted by Gasteiger charge is -2.01. The Morgan fingerprint density at radius 1 is 1.57 bits per heavy atom. The fourth-order valence-corrected chi connectivity index (χ4v) is 0.961. The molecule has 5 nitrogen and oxygen atoms in total. The van der Waals surface area contributed by atoms with Crippen molar-refractivity contribution in [3.05, 3.63) is 23.3 Å². The Kier molecular flexibility index (Phi) is 3.28. The second kappa shape index (κ2) is 4.45. The largest absolute Gasteiger partial charge is 0.461 e. The van der Waals surface area contributed by atoms with Gasteiger partial charge in [-0.25, -0.2) is 14.8 Å². The maximum Gasteiger partial charge on any atom is 0.357 e. The summed E-state index contributed by atoms with van der Waals surface area (Å²) in [5, 5.41) is 0. The highest BCUT2D eigenvalue weighted by atomic mass is 16.5. The van der Waals surface area contributed by atoms with Crippen LogP contribution in [0, 0.1) is 6.92 Å². The smallest absolute Gasteiger partial charge is 0.357 e. The third-order valence-corrected chi connectivity index (χ3v) is 1.46. The van der Waals surface area contributed by atoms with E-state index in [1.807, 2.05) is 0 Å². The number of aromatic nitrogens is 2. The van der Waals surface area contributed by atoms with Crippen molar-refractivity contribution in [3.63, 3.8) is 0 Å². The summed E-state index contributed by atoms with van der Waals surface area (Å²) in [6.45, 7) is 3.58. The van der Waals surface area contributed by atoms with E-state index in [2.05, 4.69) is 9.97 Å². The van der Waals surface area contributed by atoms with Gasteiger partial charge in [-0.1, -0.05) is 0 Å². The fraction of sp³-hybridized carbons (Fsp3) is 0.333. The van der Waals surface area contributed by atoms with Crippen LogP contribution in [0.2, 0.25) is 0 Å². The Morgan fingerprint density at radius 3 is 2.86 bits per heavy atom. The first-order valence-electron chi connectivity index (χ1n) is 4.15. The highest BCUT2D eigenvalue weighted by Gasteiger charge is 2.10. The SMILES string of the molecule is CCOC(=O)c1cc(C=O)nc(C)n1. The Balaban J connectivity index is 3.02. The monoisotopic (exact) mass is 194 g/mol. The number of aryl methyl sites for hydroxylation is 1. The average Bonchev–Trinajstić information content (AvgIpc) is 2.17. The van der Waals surface area contributed by atoms with Gasteiger partial charge in [0.15, 0.2) is 12.0 Å². The van der Waals surface area contributed by atoms with Crippen molar-refractivity contribution < 1.29 is 14.3 Å². The highest BCUT2D eigenvalue weighted by Crippen LogP contribution is 2.01. The van der Waals surface area contributed by atoms with Gasteiger partial charge in [-0.2, -0.15) is 0 Å². The van der Waals surface area contributed by atoms with Crippen molar-refractivity contribution in [3.8, 4) is 0 Å². The number of hydrogen-bond acceptors (Lipinski definition) is 5. The number of rotatable bonds is 3. The molecule has 0 aliphatic heterocycles. The van der Waals surface area contributed by atoms with Crippen molar-refractivity contribution in [1.29, 1.82) is 0 Å². The Morgan fingerprint density at radius 2 is 2.29 bits per heavy atom. The molecule has 0 unspecified atom stereocenters. The zero-order valence-corrected chi connectivity index (χ0v) is 7.98. The van der Waals surface area contributed by atoms with Crippen LogP contribution in [-0.4, -0.2) is 28.8 Å². The molecule has 0 amide bonds. The molecule has 5 heteroatoms. The molecule has 1 aromatic heterocycles. The molecular formula is C9H10N2O3. The average molecular weight is 194 g/mol. The standard InChI is InChI=1S/C9H10N2O3/c1-3-14-9(13)8-4-7(5-12)10-6(2)11-8/h4-5H,3H2,1-2H3. The van der Waals surface area contributed by atoms with E-state index in [1.54, 1.807) is 13.8 Å². The molecule has 74 valence electrons. The molecule has 0 fully saturated rings. The van der Waals surface area contributed by atoms with Crippen LogP contribution in [0.4, 0.5) is 0 Å². The van der Waals surface area contributed by atoms with E-state index < -0.39 is 5.97 Å². The quantitative estimate of drug-likeness (QED) is 0.525. The predicted molar refractivity (Wildman–Crippen MR) is 48.1 cm³/mol. The molecule has 0 aliphatic carbocycles. The first-order chi connectivity index (χ1) is 6.67. The highest BCUT2D eigenvalue weighted by molar-refractivity contribution is 5.88. The van der Waals surface area contributed by atoms with Crippen LogP contribution in [0.25, 0.3) is 0 Å². The number of esters is 1. The number of aldehydes is 1. The van der Waals surface area contributed by atoms with Gasteiger partial charge in [-0.15, -0.1) is 0 Å². The third kappa shape index (κ3) is 2.35. The van der Waals surface area contributed by atoms with Gasteiger partial charge in [0.05, 0.1) is 6.61 Å². The summed E-state index contributed by atoms with van der Waals surface area (Å²) in [6.07, 6.45) is 0.567. The molecular weight excluding hydrogens is 184 g/mol. The zero-order valence-electron chi connectivity index (χ0n) is 7.98. The lowest BCUT2D eigenvalue weighted by molar-refractivity contribution is 0.0519. The van der Waals surface area contributed by atoms with Crippen LogP contribution in [0.1, 0.15) is 33.7 Å². The first kappa shape index (κ1) is 10.3. The molecule has 1 heterocycles. The number of ether oxygens (including phenoxy) is 1.